The first-order chi connectivity index (χ1) is 7.15. The van der Waals surface area contributed by atoms with E-state index in [4.69, 9.17) is 11.6 Å². The van der Waals surface area contributed by atoms with Crippen molar-refractivity contribution in [3.63, 3.8) is 0 Å². The maximum absolute atomic E-state index is 5.78. The molecule has 2 aromatic rings. The second kappa shape index (κ2) is 3.98. The minimum atomic E-state index is 0.460. The molecular formula is C10H11ClN4. The van der Waals surface area contributed by atoms with E-state index in [1.807, 2.05) is 24.6 Å². The molecule has 0 unspecified atom stereocenters. The molecule has 5 heteroatoms. The zero-order chi connectivity index (χ0) is 10.8. The fourth-order valence-corrected chi connectivity index (χ4v) is 1.61. The first-order valence-corrected chi connectivity index (χ1v) is 5.00. The standard InChI is InChI=1S/C10H11ClN4/c1-7-3-8(2)15(14-7)5-9-4-10(11)13-6-12-9/h3-4,6H,5H2,1-2H3. The largest absolute Gasteiger partial charge is 0.264 e. The van der Waals surface area contributed by atoms with E-state index < -0.39 is 0 Å². The van der Waals surface area contributed by atoms with Crippen molar-refractivity contribution in [2.45, 2.75) is 20.4 Å². The molecule has 0 fully saturated rings. The second-order valence-corrected chi connectivity index (χ2v) is 3.80. The normalized spacial score (nSPS) is 10.6. The van der Waals surface area contributed by atoms with Gasteiger partial charge in [0, 0.05) is 5.69 Å². The first kappa shape index (κ1) is 10.1. The van der Waals surface area contributed by atoms with Gasteiger partial charge in [0.15, 0.2) is 0 Å². The summed E-state index contributed by atoms with van der Waals surface area (Å²) in [6, 6.07) is 3.78. The van der Waals surface area contributed by atoms with Gasteiger partial charge in [-0.05, 0) is 26.0 Å². The van der Waals surface area contributed by atoms with Crippen LogP contribution in [0.5, 0.6) is 0 Å². The zero-order valence-electron chi connectivity index (χ0n) is 8.61. The van der Waals surface area contributed by atoms with E-state index in [-0.39, 0.29) is 0 Å². The molecule has 0 aliphatic rings. The van der Waals surface area contributed by atoms with Crippen LogP contribution in [0, 0.1) is 13.8 Å². The number of aryl methyl sites for hydroxylation is 2. The summed E-state index contributed by atoms with van der Waals surface area (Å²) in [5, 5.41) is 4.81. The Bertz CT molecular complexity index is 478. The summed E-state index contributed by atoms with van der Waals surface area (Å²) in [5.74, 6) is 0. The van der Waals surface area contributed by atoms with E-state index in [0.29, 0.717) is 11.7 Å². The molecular weight excluding hydrogens is 212 g/mol. The van der Waals surface area contributed by atoms with Crippen molar-refractivity contribution in [2.75, 3.05) is 0 Å². The quantitative estimate of drug-likeness (QED) is 0.730. The topological polar surface area (TPSA) is 43.6 Å². The van der Waals surface area contributed by atoms with Crippen LogP contribution >= 0.6 is 11.6 Å². The number of hydrogen-bond donors (Lipinski definition) is 0. The van der Waals surface area contributed by atoms with Gasteiger partial charge in [0.25, 0.3) is 0 Å². The Hall–Kier alpha value is -1.42. The summed E-state index contributed by atoms with van der Waals surface area (Å²) >= 11 is 5.78. The van der Waals surface area contributed by atoms with Crippen LogP contribution < -0.4 is 0 Å². The number of hydrogen-bond acceptors (Lipinski definition) is 3. The molecule has 0 N–H and O–H groups in total. The number of rotatable bonds is 2. The van der Waals surface area contributed by atoms with Crippen LogP contribution in [-0.2, 0) is 6.54 Å². The van der Waals surface area contributed by atoms with Crippen LogP contribution in [0.4, 0.5) is 0 Å². The van der Waals surface area contributed by atoms with Gasteiger partial charge in [0.2, 0.25) is 0 Å². The Balaban J connectivity index is 2.25. The third kappa shape index (κ3) is 2.33. The van der Waals surface area contributed by atoms with Crippen LogP contribution in [0.15, 0.2) is 18.5 Å². The van der Waals surface area contributed by atoms with Gasteiger partial charge >= 0.3 is 0 Å². The highest BCUT2D eigenvalue weighted by atomic mass is 35.5. The Labute approximate surface area is 92.9 Å². The summed E-state index contributed by atoms with van der Waals surface area (Å²) in [5.41, 5.74) is 2.98. The Kier molecular flexibility index (Phi) is 2.68. The molecule has 78 valence electrons. The monoisotopic (exact) mass is 222 g/mol. The Morgan fingerprint density at radius 3 is 2.67 bits per heavy atom. The minimum Gasteiger partial charge on any atom is -0.264 e. The Morgan fingerprint density at radius 2 is 2.07 bits per heavy atom. The van der Waals surface area contributed by atoms with Gasteiger partial charge in [-0.25, -0.2) is 9.97 Å². The summed E-state index contributed by atoms with van der Waals surface area (Å²) in [6.45, 7) is 4.61. The lowest BCUT2D eigenvalue weighted by atomic mass is 10.4. The molecule has 0 amide bonds. The zero-order valence-corrected chi connectivity index (χ0v) is 9.36. The van der Waals surface area contributed by atoms with Gasteiger partial charge in [-0.15, -0.1) is 0 Å². The highest BCUT2D eigenvalue weighted by Gasteiger charge is 2.03. The molecule has 0 radical (unpaired) electrons. The maximum Gasteiger partial charge on any atom is 0.132 e. The van der Waals surface area contributed by atoms with Crippen LogP contribution in [0.25, 0.3) is 0 Å². The lowest BCUT2D eigenvalue weighted by molar-refractivity contribution is 0.645. The van der Waals surface area contributed by atoms with Gasteiger partial charge in [-0.2, -0.15) is 5.10 Å². The molecule has 0 spiro atoms. The van der Waals surface area contributed by atoms with Crippen LogP contribution in [-0.4, -0.2) is 19.7 Å². The third-order valence-electron chi connectivity index (χ3n) is 2.11. The van der Waals surface area contributed by atoms with Crippen molar-refractivity contribution >= 4 is 11.6 Å². The summed E-state index contributed by atoms with van der Waals surface area (Å²) < 4.78 is 1.90. The van der Waals surface area contributed by atoms with Crippen molar-refractivity contribution in [1.82, 2.24) is 19.7 Å². The summed E-state index contributed by atoms with van der Waals surface area (Å²) in [6.07, 6.45) is 1.46. The number of nitrogens with zero attached hydrogens (tertiary/aromatic N) is 4. The molecule has 2 aromatic heterocycles. The molecule has 0 saturated heterocycles. The van der Waals surface area contributed by atoms with Gasteiger partial charge in [0.05, 0.1) is 17.9 Å². The van der Waals surface area contributed by atoms with Gasteiger partial charge in [0.1, 0.15) is 11.5 Å². The van der Waals surface area contributed by atoms with E-state index in [2.05, 4.69) is 15.1 Å². The van der Waals surface area contributed by atoms with Crippen molar-refractivity contribution in [1.29, 1.82) is 0 Å². The summed E-state index contributed by atoms with van der Waals surface area (Å²) in [4.78, 5) is 7.96. The molecule has 2 heterocycles. The van der Waals surface area contributed by atoms with E-state index in [1.165, 1.54) is 6.33 Å². The minimum absolute atomic E-state index is 0.460. The molecule has 0 aliphatic carbocycles. The third-order valence-corrected chi connectivity index (χ3v) is 2.31. The number of aromatic nitrogens is 4. The van der Waals surface area contributed by atoms with Crippen molar-refractivity contribution in [3.8, 4) is 0 Å². The predicted molar refractivity (Wildman–Crippen MR) is 57.8 cm³/mol. The van der Waals surface area contributed by atoms with Gasteiger partial charge in [-0.3, -0.25) is 4.68 Å². The second-order valence-electron chi connectivity index (χ2n) is 3.42. The van der Waals surface area contributed by atoms with E-state index >= 15 is 0 Å². The molecule has 0 atom stereocenters. The van der Waals surface area contributed by atoms with E-state index in [9.17, 15) is 0 Å². The van der Waals surface area contributed by atoms with E-state index in [0.717, 1.165) is 17.1 Å². The lowest BCUT2D eigenvalue weighted by Gasteiger charge is -2.03. The van der Waals surface area contributed by atoms with Gasteiger partial charge in [-0.1, -0.05) is 11.6 Å². The maximum atomic E-state index is 5.78. The van der Waals surface area contributed by atoms with Crippen LogP contribution in [0.2, 0.25) is 5.15 Å². The molecule has 0 aromatic carbocycles. The summed E-state index contributed by atoms with van der Waals surface area (Å²) in [7, 11) is 0. The lowest BCUT2D eigenvalue weighted by Crippen LogP contribution is -2.05. The van der Waals surface area contributed by atoms with E-state index in [1.54, 1.807) is 6.07 Å². The predicted octanol–water partition coefficient (Wildman–Crippen LogP) is 1.99. The molecule has 0 aliphatic heterocycles. The van der Waals surface area contributed by atoms with Crippen LogP contribution in [0.1, 0.15) is 17.1 Å². The Morgan fingerprint density at radius 1 is 1.27 bits per heavy atom. The highest BCUT2D eigenvalue weighted by Crippen LogP contribution is 2.08. The van der Waals surface area contributed by atoms with Gasteiger partial charge < -0.3 is 0 Å². The van der Waals surface area contributed by atoms with Crippen molar-refractivity contribution < 1.29 is 0 Å². The molecule has 2 rings (SSSR count). The fraction of sp³-hybridized carbons (Fsp3) is 0.300. The molecule has 15 heavy (non-hydrogen) atoms. The molecule has 4 nitrogen and oxygen atoms in total. The average Bonchev–Trinajstić information content (AvgIpc) is 2.45. The molecule has 0 saturated carbocycles. The average molecular weight is 223 g/mol. The SMILES string of the molecule is Cc1cc(C)n(Cc2cc(Cl)ncn2)n1. The molecule has 0 bridgehead atoms. The number of halogens is 1. The first-order valence-electron chi connectivity index (χ1n) is 4.62. The highest BCUT2D eigenvalue weighted by molar-refractivity contribution is 6.29. The van der Waals surface area contributed by atoms with Crippen molar-refractivity contribution in [2.24, 2.45) is 0 Å². The van der Waals surface area contributed by atoms with Crippen molar-refractivity contribution in [3.05, 3.63) is 40.7 Å². The van der Waals surface area contributed by atoms with Crippen LogP contribution in [0.3, 0.4) is 0 Å². The smallest absolute Gasteiger partial charge is 0.132 e. The fourth-order valence-electron chi connectivity index (χ4n) is 1.45.